The first-order chi connectivity index (χ1) is 11.5. The highest BCUT2D eigenvalue weighted by Gasteiger charge is 2.17. The van der Waals surface area contributed by atoms with Gasteiger partial charge < -0.3 is 14.8 Å². The van der Waals surface area contributed by atoms with Gasteiger partial charge in [-0.3, -0.25) is 9.59 Å². The van der Waals surface area contributed by atoms with Crippen LogP contribution in [0.15, 0.2) is 16.5 Å². The van der Waals surface area contributed by atoms with Crippen LogP contribution in [0, 0.1) is 13.8 Å². The predicted octanol–water partition coefficient (Wildman–Crippen LogP) is 3.78. The maximum absolute atomic E-state index is 12.2. The summed E-state index contributed by atoms with van der Waals surface area (Å²) in [5.41, 5.74) is 0.697. The van der Waals surface area contributed by atoms with Gasteiger partial charge in [-0.2, -0.15) is 0 Å². The topological polar surface area (TPSA) is 92.4 Å². The van der Waals surface area contributed by atoms with Crippen LogP contribution in [0.1, 0.15) is 53.2 Å². The van der Waals surface area contributed by atoms with Crippen LogP contribution in [0.5, 0.6) is 0 Å². The molecule has 130 valence electrons. The summed E-state index contributed by atoms with van der Waals surface area (Å²) in [6.07, 6.45) is 3.51. The highest BCUT2D eigenvalue weighted by Crippen LogP contribution is 2.29. The van der Waals surface area contributed by atoms with Crippen LogP contribution in [0.3, 0.4) is 0 Å². The van der Waals surface area contributed by atoms with Gasteiger partial charge in [-0.1, -0.05) is 12.8 Å². The van der Waals surface area contributed by atoms with E-state index in [2.05, 4.69) is 10.3 Å². The van der Waals surface area contributed by atoms with Gasteiger partial charge in [-0.25, -0.2) is 4.98 Å². The van der Waals surface area contributed by atoms with Crippen LogP contribution in [-0.4, -0.2) is 28.5 Å². The molecule has 0 aliphatic heterocycles. The first-order valence-corrected chi connectivity index (χ1v) is 8.83. The smallest absolute Gasteiger partial charge is 0.303 e. The number of hydrogen-bond donors (Lipinski definition) is 2. The largest absolute Gasteiger partial charge is 0.481 e. The molecule has 2 aromatic heterocycles. The van der Waals surface area contributed by atoms with Crippen LogP contribution in [0.4, 0.5) is 0 Å². The minimum atomic E-state index is -0.758. The molecular formula is C17H22N2O4S. The van der Waals surface area contributed by atoms with Gasteiger partial charge >= 0.3 is 5.97 Å². The van der Waals surface area contributed by atoms with Crippen LogP contribution in [0.2, 0.25) is 0 Å². The van der Waals surface area contributed by atoms with E-state index in [1.807, 2.05) is 26.0 Å². The lowest BCUT2D eigenvalue weighted by molar-refractivity contribution is -0.137. The number of thiazole rings is 1. The quantitative estimate of drug-likeness (QED) is 0.671. The molecule has 1 amide bonds. The molecule has 2 N–H and O–H groups in total. The Bertz CT molecular complexity index is 705. The molecule has 0 fully saturated rings. The molecule has 0 unspecified atom stereocenters. The number of carboxylic acids is 1. The highest BCUT2D eigenvalue weighted by molar-refractivity contribution is 7.17. The van der Waals surface area contributed by atoms with Crippen LogP contribution in [-0.2, 0) is 4.79 Å². The summed E-state index contributed by atoms with van der Waals surface area (Å²) in [7, 11) is 0. The van der Waals surface area contributed by atoms with E-state index in [1.165, 1.54) is 11.3 Å². The van der Waals surface area contributed by atoms with Crippen molar-refractivity contribution in [2.75, 3.05) is 6.54 Å². The number of nitrogens with one attached hydrogen (secondary N) is 1. The molecule has 0 bridgehead atoms. The SMILES string of the molecule is Cc1ccc(-c2nc(C)c(C(=O)NCCCCCCC(=O)O)s2)o1. The molecule has 2 rings (SSSR count). The van der Waals surface area contributed by atoms with E-state index in [4.69, 9.17) is 9.52 Å². The number of amides is 1. The molecular weight excluding hydrogens is 328 g/mol. The fourth-order valence-electron chi connectivity index (χ4n) is 2.30. The zero-order valence-electron chi connectivity index (χ0n) is 13.9. The summed E-state index contributed by atoms with van der Waals surface area (Å²) in [4.78, 5) is 27.7. The number of aryl methyl sites for hydroxylation is 2. The average molecular weight is 350 g/mol. The number of carboxylic acid groups (broad SMARTS) is 1. The molecule has 0 aliphatic rings. The second-order valence-electron chi connectivity index (χ2n) is 5.66. The van der Waals surface area contributed by atoms with Crippen molar-refractivity contribution in [3.63, 3.8) is 0 Å². The molecule has 0 spiro atoms. The standard InChI is InChI=1S/C17H22N2O4S/c1-11-8-9-13(23-11)17-19-12(2)15(24-17)16(22)18-10-6-4-3-5-7-14(20)21/h8-9H,3-7,10H2,1-2H3,(H,18,22)(H,20,21). The molecule has 0 aliphatic carbocycles. The number of rotatable bonds is 9. The molecule has 24 heavy (non-hydrogen) atoms. The molecule has 0 aromatic carbocycles. The van der Waals surface area contributed by atoms with Gasteiger partial charge in [0.15, 0.2) is 10.8 Å². The summed E-state index contributed by atoms with van der Waals surface area (Å²) in [5, 5.41) is 12.2. The van der Waals surface area contributed by atoms with Gasteiger partial charge in [0.1, 0.15) is 10.6 Å². The Morgan fingerprint density at radius 1 is 1.21 bits per heavy atom. The van der Waals surface area contributed by atoms with Crippen molar-refractivity contribution in [3.8, 4) is 10.8 Å². The summed E-state index contributed by atoms with van der Waals surface area (Å²) < 4.78 is 5.54. The van der Waals surface area contributed by atoms with Crippen molar-refractivity contribution >= 4 is 23.2 Å². The first-order valence-electron chi connectivity index (χ1n) is 8.01. The van der Waals surface area contributed by atoms with Crippen molar-refractivity contribution < 1.29 is 19.1 Å². The monoisotopic (exact) mass is 350 g/mol. The Kier molecular flexibility index (Phi) is 6.54. The van der Waals surface area contributed by atoms with E-state index in [0.29, 0.717) is 34.3 Å². The van der Waals surface area contributed by atoms with Crippen molar-refractivity contribution in [2.45, 2.75) is 46.0 Å². The van der Waals surface area contributed by atoms with E-state index in [-0.39, 0.29) is 12.3 Å². The number of carbonyl (C=O) groups excluding carboxylic acids is 1. The zero-order chi connectivity index (χ0) is 17.5. The molecule has 0 saturated carbocycles. The van der Waals surface area contributed by atoms with E-state index < -0.39 is 5.97 Å². The van der Waals surface area contributed by atoms with Gasteiger partial charge in [0.2, 0.25) is 0 Å². The lowest BCUT2D eigenvalue weighted by Crippen LogP contribution is -2.24. The molecule has 2 aromatic rings. The Labute approximate surface area is 144 Å². The van der Waals surface area contributed by atoms with E-state index in [0.717, 1.165) is 25.0 Å². The summed E-state index contributed by atoms with van der Waals surface area (Å²) in [5.74, 6) is 0.612. The van der Waals surface area contributed by atoms with E-state index >= 15 is 0 Å². The minimum Gasteiger partial charge on any atom is -0.481 e. The minimum absolute atomic E-state index is 0.120. The third-order valence-corrected chi connectivity index (χ3v) is 4.73. The van der Waals surface area contributed by atoms with Crippen molar-refractivity contribution in [1.29, 1.82) is 0 Å². The average Bonchev–Trinajstić information content (AvgIpc) is 3.11. The van der Waals surface area contributed by atoms with E-state index in [9.17, 15) is 9.59 Å². The summed E-state index contributed by atoms with van der Waals surface area (Å²) in [6.45, 7) is 4.27. The number of furan rings is 1. The number of aliphatic carboxylic acids is 1. The van der Waals surface area contributed by atoms with Crippen molar-refractivity contribution in [1.82, 2.24) is 10.3 Å². The van der Waals surface area contributed by atoms with Crippen molar-refractivity contribution in [3.05, 3.63) is 28.5 Å². The van der Waals surface area contributed by atoms with Gasteiger partial charge in [0, 0.05) is 13.0 Å². The molecule has 2 heterocycles. The maximum atomic E-state index is 12.2. The normalized spacial score (nSPS) is 10.8. The lowest BCUT2D eigenvalue weighted by atomic mass is 10.1. The fourth-order valence-corrected chi connectivity index (χ4v) is 3.24. The number of hydrogen-bond acceptors (Lipinski definition) is 5. The van der Waals surface area contributed by atoms with Gasteiger partial charge in [0.05, 0.1) is 5.69 Å². The van der Waals surface area contributed by atoms with Crippen LogP contribution in [0.25, 0.3) is 10.8 Å². The third-order valence-electron chi connectivity index (χ3n) is 3.56. The number of aromatic nitrogens is 1. The summed E-state index contributed by atoms with van der Waals surface area (Å²) in [6, 6.07) is 3.72. The number of carbonyl (C=O) groups is 2. The second-order valence-corrected chi connectivity index (χ2v) is 6.66. The Balaban J connectivity index is 1.78. The van der Waals surface area contributed by atoms with Crippen LogP contribution < -0.4 is 5.32 Å². The summed E-state index contributed by atoms with van der Waals surface area (Å²) >= 11 is 1.33. The predicted molar refractivity (Wildman–Crippen MR) is 92.3 cm³/mol. The lowest BCUT2D eigenvalue weighted by Gasteiger charge is -2.03. The highest BCUT2D eigenvalue weighted by atomic mass is 32.1. The molecule has 0 atom stereocenters. The van der Waals surface area contributed by atoms with Gasteiger partial charge in [-0.05, 0) is 38.8 Å². The molecule has 0 saturated heterocycles. The number of nitrogens with zero attached hydrogens (tertiary/aromatic N) is 1. The van der Waals surface area contributed by atoms with E-state index in [1.54, 1.807) is 0 Å². The molecule has 0 radical (unpaired) electrons. The van der Waals surface area contributed by atoms with Crippen molar-refractivity contribution in [2.24, 2.45) is 0 Å². The number of unbranched alkanes of at least 4 members (excludes halogenated alkanes) is 3. The van der Waals surface area contributed by atoms with Crippen LogP contribution >= 0.6 is 11.3 Å². The second kappa shape index (κ2) is 8.63. The Hall–Kier alpha value is -2.15. The van der Waals surface area contributed by atoms with Gasteiger partial charge in [-0.15, -0.1) is 11.3 Å². The Morgan fingerprint density at radius 3 is 2.62 bits per heavy atom. The molecule has 7 heteroatoms. The molecule has 6 nitrogen and oxygen atoms in total. The third kappa shape index (κ3) is 5.19. The maximum Gasteiger partial charge on any atom is 0.303 e. The Morgan fingerprint density at radius 2 is 1.96 bits per heavy atom. The first kappa shape index (κ1) is 18.2. The zero-order valence-corrected chi connectivity index (χ0v) is 14.7. The van der Waals surface area contributed by atoms with Gasteiger partial charge in [0.25, 0.3) is 5.91 Å². The fraction of sp³-hybridized carbons (Fsp3) is 0.471.